The summed E-state index contributed by atoms with van der Waals surface area (Å²) in [4.78, 5) is 0. The standard InChI is InChI=1S/C9H12O3/c10-5-7-2-1-3-8(4-7)9(12)6-11/h1-4,9-12H,5-6H2. The number of hydrogen-bond donors (Lipinski definition) is 3. The molecule has 0 aliphatic rings. The SMILES string of the molecule is OCc1cccc(C(O)CO)c1. The highest BCUT2D eigenvalue weighted by molar-refractivity contribution is 5.24. The van der Waals surface area contributed by atoms with Crippen LogP contribution in [0.4, 0.5) is 0 Å². The third kappa shape index (κ3) is 2.04. The Morgan fingerprint density at radius 1 is 1.25 bits per heavy atom. The van der Waals surface area contributed by atoms with E-state index in [0.29, 0.717) is 5.56 Å². The fraction of sp³-hybridized carbons (Fsp3) is 0.333. The van der Waals surface area contributed by atoms with Gasteiger partial charge in [0.05, 0.1) is 13.2 Å². The van der Waals surface area contributed by atoms with Crippen LogP contribution in [0, 0.1) is 0 Å². The Hall–Kier alpha value is -0.900. The van der Waals surface area contributed by atoms with Crippen LogP contribution in [-0.2, 0) is 6.61 Å². The van der Waals surface area contributed by atoms with E-state index in [1.54, 1.807) is 24.3 Å². The molecule has 0 radical (unpaired) electrons. The second-order valence-corrected chi connectivity index (χ2v) is 2.60. The van der Waals surface area contributed by atoms with Gasteiger partial charge >= 0.3 is 0 Å². The zero-order valence-corrected chi connectivity index (χ0v) is 6.64. The molecular weight excluding hydrogens is 156 g/mol. The van der Waals surface area contributed by atoms with Crippen LogP contribution in [-0.4, -0.2) is 21.9 Å². The smallest absolute Gasteiger partial charge is 0.102 e. The first-order valence-electron chi connectivity index (χ1n) is 3.76. The molecule has 0 spiro atoms. The maximum absolute atomic E-state index is 9.22. The van der Waals surface area contributed by atoms with Gasteiger partial charge in [0.2, 0.25) is 0 Å². The van der Waals surface area contributed by atoms with Gasteiger partial charge < -0.3 is 15.3 Å². The zero-order valence-electron chi connectivity index (χ0n) is 6.64. The van der Waals surface area contributed by atoms with Crippen molar-refractivity contribution >= 4 is 0 Å². The van der Waals surface area contributed by atoms with Crippen LogP contribution in [0.5, 0.6) is 0 Å². The second-order valence-electron chi connectivity index (χ2n) is 2.60. The van der Waals surface area contributed by atoms with Crippen molar-refractivity contribution in [2.45, 2.75) is 12.7 Å². The summed E-state index contributed by atoms with van der Waals surface area (Å²) in [5.41, 5.74) is 1.36. The van der Waals surface area contributed by atoms with E-state index in [1.807, 2.05) is 0 Å². The summed E-state index contributed by atoms with van der Waals surface area (Å²) < 4.78 is 0. The van der Waals surface area contributed by atoms with Crippen molar-refractivity contribution in [2.75, 3.05) is 6.61 Å². The number of aliphatic hydroxyl groups is 3. The summed E-state index contributed by atoms with van der Waals surface area (Å²) in [5.74, 6) is 0. The largest absolute Gasteiger partial charge is 0.393 e. The molecule has 12 heavy (non-hydrogen) atoms. The van der Waals surface area contributed by atoms with Crippen LogP contribution < -0.4 is 0 Å². The molecule has 0 aliphatic carbocycles. The zero-order chi connectivity index (χ0) is 8.97. The van der Waals surface area contributed by atoms with Gasteiger partial charge in [-0.1, -0.05) is 24.3 Å². The van der Waals surface area contributed by atoms with E-state index >= 15 is 0 Å². The van der Waals surface area contributed by atoms with E-state index in [2.05, 4.69) is 0 Å². The van der Waals surface area contributed by atoms with E-state index in [1.165, 1.54) is 0 Å². The first kappa shape index (κ1) is 9.19. The van der Waals surface area contributed by atoms with Crippen LogP contribution in [0.25, 0.3) is 0 Å². The van der Waals surface area contributed by atoms with Gasteiger partial charge in [-0.15, -0.1) is 0 Å². The van der Waals surface area contributed by atoms with Crippen LogP contribution in [0.2, 0.25) is 0 Å². The molecule has 0 aliphatic heterocycles. The highest BCUT2D eigenvalue weighted by atomic mass is 16.3. The summed E-state index contributed by atoms with van der Waals surface area (Å²) in [6.45, 7) is -0.346. The van der Waals surface area contributed by atoms with Crippen molar-refractivity contribution in [3.8, 4) is 0 Å². The van der Waals surface area contributed by atoms with Crippen molar-refractivity contribution in [1.29, 1.82) is 0 Å². The van der Waals surface area contributed by atoms with Crippen LogP contribution in [0.1, 0.15) is 17.2 Å². The maximum Gasteiger partial charge on any atom is 0.102 e. The Morgan fingerprint density at radius 3 is 2.58 bits per heavy atom. The van der Waals surface area contributed by atoms with E-state index in [-0.39, 0.29) is 13.2 Å². The Bertz CT molecular complexity index is 247. The molecule has 0 saturated heterocycles. The fourth-order valence-corrected chi connectivity index (χ4v) is 1.00. The summed E-state index contributed by atoms with van der Waals surface area (Å²) in [7, 11) is 0. The van der Waals surface area contributed by atoms with Crippen LogP contribution in [0.15, 0.2) is 24.3 Å². The van der Waals surface area contributed by atoms with Gasteiger partial charge in [-0.3, -0.25) is 0 Å². The van der Waals surface area contributed by atoms with Crippen molar-refractivity contribution in [2.24, 2.45) is 0 Å². The topological polar surface area (TPSA) is 60.7 Å². The molecule has 1 rings (SSSR count). The van der Waals surface area contributed by atoms with Crippen molar-refractivity contribution in [3.05, 3.63) is 35.4 Å². The van der Waals surface area contributed by atoms with Gasteiger partial charge in [0, 0.05) is 0 Å². The first-order valence-corrected chi connectivity index (χ1v) is 3.76. The van der Waals surface area contributed by atoms with Crippen molar-refractivity contribution in [1.82, 2.24) is 0 Å². The normalized spacial score (nSPS) is 12.9. The number of aliphatic hydroxyl groups excluding tert-OH is 3. The molecule has 0 saturated carbocycles. The Balaban J connectivity index is 2.86. The summed E-state index contributed by atoms with van der Waals surface area (Å²) in [6.07, 6.45) is -0.850. The van der Waals surface area contributed by atoms with Gasteiger partial charge in [0.1, 0.15) is 6.10 Å². The molecule has 0 amide bonds. The van der Waals surface area contributed by atoms with Crippen molar-refractivity contribution in [3.63, 3.8) is 0 Å². The van der Waals surface area contributed by atoms with E-state index < -0.39 is 6.10 Å². The Morgan fingerprint density at radius 2 is 2.00 bits per heavy atom. The molecule has 1 aromatic carbocycles. The predicted octanol–water partition coefficient (Wildman–Crippen LogP) is 0.205. The minimum atomic E-state index is -0.850. The highest BCUT2D eigenvalue weighted by Gasteiger charge is 2.04. The fourth-order valence-electron chi connectivity index (χ4n) is 1.00. The van der Waals surface area contributed by atoms with Gasteiger partial charge in [0.15, 0.2) is 0 Å². The second kappa shape index (κ2) is 4.21. The molecule has 3 heteroatoms. The summed E-state index contributed by atoms with van der Waals surface area (Å²) in [6, 6.07) is 6.87. The molecule has 1 unspecified atom stereocenters. The quantitative estimate of drug-likeness (QED) is 0.604. The van der Waals surface area contributed by atoms with Gasteiger partial charge in [-0.2, -0.15) is 0 Å². The Labute approximate surface area is 70.9 Å². The highest BCUT2D eigenvalue weighted by Crippen LogP contribution is 2.13. The lowest BCUT2D eigenvalue weighted by atomic mass is 10.1. The van der Waals surface area contributed by atoms with Crippen LogP contribution >= 0.6 is 0 Å². The number of rotatable bonds is 3. The van der Waals surface area contributed by atoms with Crippen molar-refractivity contribution < 1.29 is 15.3 Å². The summed E-state index contributed by atoms with van der Waals surface area (Å²) >= 11 is 0. The predicted molar refractivity (Wildman–Crippen MR) is 44.4 cm³/mol. The molecule has 1 aromatic rings. The lowest BCUT2D eigenvalue weighted by Gasteiger charge is -2.07. The average molecular weight is 168 g/mol. The number of benzene rings is 1. The van der Waals surface area contributed by atoms with E-state index in [0.717, 1.165) is 5.56 Å². The minimum Gasteiger partial charge on any atom is -0.393 e. The van der Waals surface area contributed by atoms with Crippen LogP contribution in [0.3, 0.4) is 0 Å². The van der Waals surface area contributed by atoms with Gasteiger partial charge in [-0.05, 0) is 11.1 Å². The molecule has 0 bridgehead atoms. The van der Waals surface area contributed by atoms with Gasteiger partial charge in [0.25, 0.3) is 0 Å². The summed E-state index contributed by atoms with van der Waals surface area (Å²) in [5, 5.41) is 26.6. The molecule has 3 nitrogen and oxygen atoms in total. The molecule has 0 aromatic heterocycles. The van der Waals surface area contributed by atoms with Gasteiger partial charge in [-0.25, -0.2) is 0 Å². The van der Waals surface area contributed by atoms with E-state index in [9.17, 15) is 5.11 Å². The maximum atomic E-state index is 9.22. The molecule has 66 valence electrons. The Kier molecular flexibility index (Phi) is 3.22. The third-order valence-corrected chi connectivity index (χ3v) is 1.69. The number of hydrogen-bond acceptors (Lipinski definition) is 3. The monoisotopic (exact) mass is 168 g/mol. The molecule has 0 fully saturated rings. The molecular formula is C9H12O3. The molecule has 0 heterocycles. The molecule has 3 N–H and O–H groups in total. The first-order chi connectivity index (χ1) is 5.77. The molecule has 1 atom stereocenters. The van der Waals surface area contributed by atoms with E-state index in [4.69, 9.17) is 10.2 Å². The third-order valence-electron chi connectivity index (χ3n) is 1.69. The lowest BCUT2D eigenvalue weighted by Crippen LogP contribution is -2.02. The minimum absolute atomic E-state index is 0.0496. The lowest BCUT2D eigenvalue weighted by molar-refractivity contribution is 0.0954. The average Bonchev–Trinajstić information content (AvgIpc) is 2.17.